The molecular formula is C9H13N3. The maximum Gasteiger partial charge on any atom is 0.150 e. The van der Waals surface area contributed by atoms with Crippen LogP contribution in [-0.2, 0) is 6.54 Å². The van der Waals surface area contributed by atoms with Gasteiger partial charge in [0.05, 0.1) is 0 Å². The Morgan fingerprint density at radius 3 is 3.08 bits per heavy atom. The molecule has 0 aliphatic carbocycles. The van der Waals surface area contributed by atoms with Crippen molar-refractivity contribution in [3.05, 3.63) is 30.4 Å². The molecule has 0 saturated heterocycles. The summed E-state index contributed by atoms with van der Waals surface area (Å²) in [7, 11) is 0. The standard InChI is InChI=1S/C9H13N3/c1-4-8(3)6-9-10-7-11-12(9)5-2/h4,6-7H,1,5H2,2-3H3/b8-6-. The number of hydrogen-bond acceptors (Lipinski definition) is 2. The summed E-state index contributed by atoms with van der Waals surface area (Å²) in [6, 6.07) is 0. The van der Waals surface area contributed by atoms with Gasteiger partial charge in [0.1, 0.15) is 6.33 Å². The first-order valence-corrected chi connectivity index (χ1v) is 3.96. The molecule has 1 aromatic rings. The topological polar surface area (TPSA) is 30.7 Å². The van der Waals surface area contributed by atoms with E-state index in [2.05, 4.69) is 16.7 Å². The summed E-state index contributed by atoms with van der Waals surface area (Å²) in [6.07, 6.45) is 5.32. The molecule has 12 heavy (non-hydrogen) atoms. The van der Waals surface area contributed by atoms with E-state index in [1.165, 1.54) is 0 Å². The molecule has 0 radical (unpaired) electrons. The number of aromatic nitrogens is 3. The van der Waals surface area contributed by atoms with Crippen LogP contribution in [-0.4, -0.2) is 14.8 Å². The first-order valence-electron chi connectivity index (χ1n) is 3.96. The highest BCUT2D eigenvalue weighted by molar-refractivity contribution is 5.47. The average Bonchev–Trinajstić information content (AvgIpc) is 2.51. The highest BCUT2D eigenvalue weighted by Gasteiger charge is 1.96. The molecule has 64 valence electrons. The van der Waals surface area contributed by atoms with Crippen molar-refractivity contribution in [2.75, 3.05) is 0 Å². The molecule has 3 heteroatoms. The summed E-state index contributed by atoms with van der Waals surface area (Å²) in [5.41, 5.74) is 1.10. The zero-order chi connectivity index (χ0) is 8.97. The Labute approximate surface area is 72.4 Å². The first-order chi connectivity index (χ1) is 5.77. The summed E-state index contributed by atoms with van der Waals surface area (Å²) >= 11 is 0. The molecule has 0 bridgehead atoms. The van der Waals surface area contributed by atoms with E-state index in [9.17, 15) is 0 Å². The van der Waals surface area contributed by atoms with Crippen molar-refractivity contribution in [3.8, 4) is 0 Å². The van der Waals surface area contributed by atoms with Gasteiger partial charge in [0, 0.05) is 6.54 Å². The molecule has 0 amide bonds. The number of hydrogen-bond donors (Lipinski definition) is 0. The monoisotopic (exact) mass is 163 g/mol. The Bertz CT molecular complexity index is 296. The van der Waals surface area contributed by atoms with Gasteiger partial charge in [-0.3, -0.25) is 0 Å². The fourth-order valence-electron chi connectivity index (χ4n) is 0.891. The lowest BCUT2D eigenvalue weighted by atomic mass is 10.3. The predicted molar refractivity (Wildman–Crippen MR) is 49.5 cm³/mol. The van der Waals surface area contributed by atoms with E-state index in [4.69, 9.17) is 0 Å². The molecule has 0 fully saturated rings. The molecule has 1 aromatic heterocycles. The van der Waals surface area contributed by atoms with Crippen LogP contribution in [0.2, 0.25) is 0 Å². The maximum atomic E-state index is 4.10. The van der Waals surface area contributed by atoms with Gasteiger partial charge in [-0.05, 0) is 25.5 Å². The van der Waals surface area contributed by atoms with Crippen molar-refractivity contribution in [2.24, 2.45) is 0 Å². The van der Waals surface area contributed by atoms with Crippen LogP contribution in [0.25, 0.3) is 6.08 Å². The van der Waals surface area contributed by atoms with Gasteiger partial charge in [-0.15, -0.1) is 0 Å². The molecule has 1 rings (SSSR count). The fraction of sp³-hybridized carbons (Fsp3) is 0.333. The van der Waals surface area contributed by atoms with Gasteiger partial charge in [0.25, 0.3) is 0 Å². The molecule has 0 aliphatic rings. The Balaban J connectivity index is 2.94. The number of allylic oxidation sites excluding steroid dienone is 2. The normalized spacial score (nSPS) is 11.7. The number of rotatable bonds is 3. The summed E-state index contributed by atoms with van der Waals surface area (Å²) in [5, 5.41) is 4.05. The SMILES string of the molecule is C=C/C(C)=C\c1ncnn1CC. The van der Waals surface area contributed by atoms with Gasteiger partial charge in [-0.25, -0.2) is 9.67 Å². The van der Waals surface area contributed by atoms with E-state index in [1.807, 2.05) is 24.6 Å². The van der Waals surface area contributed by atoms with Gasteiger partial charge in [0.2, 0.25) is 0 Å². The smallest absolute Gasteiger partial charge is 0.150 e. The van der Waals surface area contributed by atoms with Crippen molar-refractivity contribution in [3.63, 3.8) is 0 Å². The van der Waals surface area contributed by atoms with Crippen LogP contribution in [0.5, 0.6) is 0 Å². The number of aryl methyl sites for hydroxylation is 1. The summed E-state index contributed by atoms with van der Waals surface area (Å²) < 4.78 is 1.84. The second-order valence-electron chi connectivity index (χ2n) is 2.53. The Morgan fingerprint density at radius 2 is 2.50 bits per heavy atom. The van der Waals surface area contributed by atoms with Gasteiger partial charge in [0.15, 0.2) is 5.82 Å². The largest absolute Gasteiger partial charge is 0.247 e. The van der Waals surface area contributed by atoms with Crippen LogP contribution in [0.3, 0.4) is 0 Å². The lowest BCUT2D eigenvalue weighted by molar-refractivity contribution is 0.651. The van der Waals surface area contributed by atoms with Gasteiger partial charge >= 0.3 is 0 Å². The fourth-order valence-corrected chi connectivity index (χ4v) is 0.891. The van der Waals surface area contributed by atoms with Crippen LogP contribution in [0.1, 0.15) is 19.7 Å². The zero-order valence-electron chi connectivity index (χ0n) is 7.49. The quantitative estimate of drug-likeness (QED) is 0.637. The van der Waals surface area contributed by atoms with Crippen molar-refractivity contribution in [1.29, 1.82) is 0 Å². The van der Waals surface area contributed by atoms with Crippen LogP contribution in [0.15, 0.2) is 24.6 Å². The van der Waals surface area contributed by atoms with Crippen molar-refractivity contribution in [2.45, 2.75) is 20.4 Å². The van der Waals surface area contributed by atoms with Crippen molar-refractivity contribution >= 4 is 6.08 Å². The van der Waals surface area contributed by atoms with Crippen LogP contribution in [0, 0.1) is 0 Å². The second-order valence-corrected chi connectivity index (χ2v) is 2.53. The Kier molecular flexibility index (Phi) is 2.80. The molecule has 0 N–H and O–H groups in total. The molecule has 0 atom stereocenters. The maximum absolute atomic E-state index is 4.10. The minimum atomic E-state index is 0.844. The molecule has 3 nitrogen and oxygen atoms in total. The van der Waals surface area contributed by atoms with Crippen LogP contribution in [0.4, 0.5) is 0 Å². The lowest BCUT2D eigenvalue weighted by Gasteiger charge is -1.97. The van der Waals surface area contributed by atoms with E-state index >= 15 is 0 Å². The third kappa shape index (κ3) is 1.81. The van der Waals surface area contributed by atoms with Crippen molar-refractivity contribution < 1.29 is 0 Å². The molecule has 0 aromatic carbocycles. The Morgan fingerprint density at radius 1 is 1.75 bits per heavy atom. The van der Waals surface area contributed by atoms with Gasteiger partial charge < -0.3 is 0 Å². The average molecular weight is 163 g/mol. The second kappa shape index (κ2) is 3.85. The summed E-state index contributed by atoms with van der Waals surface area (Å²) in [4.78, 5) is 4.10. The molecule has 0 spiro atoms. The van der Waals surface area contributed by atoms with E-state index in [0.29, 0.717) is 0 Å². The van der Waals surface area contributed by atoms with Crippen LogP contribution >= 0.6 is 0 Å². The highest BCUT2D eigenvalue weighted by Crippen LogP contribution is 2.02. The van der Waals surface area contributed by atoms with Gasteiger partial charge in [-0.1, -0.05) is 12.7 Å². The number of nitrogens with zero attached hydrogens (tertiary/aromatic N) is 3. The third-order valence-corrected chi connectivity index (χ3v) is 1.62. The van der Waals surface area contributed by atoms with E-state index < -0.39 is 0 Å². The van der Waals surface area contributed by atoms with E-state index in [1.54, 1.807) is 12.4 Å². The molecule has 1 heterocycles. The lowest BCUT2D eigenvalue weighted by Crippen LogP contribution is -1.99. The summed E-state index contributed by atoms with van der Waals surface area (Å²) in [5.74, 6) is 0.884. The molecular weight excluding hydrogens is 150 g/mol. The molecule has 0 saturated carbocycles. The third-order valence-electron chi connectivity index (χ3n) is 1.62. The first kappa shape index (κ1) is 8.71. The minimum Gasteiger partial charge on any atom is -0.247 e. The van der Waals surface area contributed by atoms with Gasteiger partial charge in [-0.2, -0.15) is 5.10 Å². The van der Waals surface area contributed by atoms with Crippen LogP contribution < -0.4 is 0 Å². The van der Waals surface area contributed by atoms with E-state index in [0.717, 1.165) is 17.9 Å². The Hall–Kier alpha value is -1.38. The van der Waals surface area contributed by atoms with E-state index in [-0.39, 0.29) is 0 Å². The highest BCUT2D eigenvalue weighted by atomic mass is 15.3. The zero-order valence-corrected chi connectivity index (χ0v) is 7.49. The summed E-state index contributed by atoms with van der Waals surface area (Å²) in [6.45, 7) is 8.54. The minimum absolute atomic E-state index is 0.844. The van der Waals surface area contributed by atoms with Crippen molar-refractivity contribution in [1.82, 2.24) is 14.8 Å². The molecule has 0 aliphatic heterocycles. The predicted octanol–water partition coefficient (Wildman–Crippen LogP) is 1.89. The molecule has 0 unspecified atom stereocenters.